The molecule has 1 fully saturated rings. The van der Waals surface area contributed by atoms with Crippen molar-refractivity contribution in [2.45, 2.75) is 52.0 Å². The SMILES string of the molecule is CCCCOc1c(F)cc2c(c1F)C(=O)N(CC1CCC(CO)CC1)C2. The first-order valence-electron chi connectivity index (χ1n) is 9.58. The number of benzene rings is 1. The molecule has 1 heterocycles. The Balaban J connectivity index is 1.70. The summed E-state index contributed by atoms with van der Waals surface area (Å²) in [5, 5.41) is 9.23. The zero-order valence-corrected chi connectivity index (χ0v) is 15.3. The average Bonchev–Trinajstić information content (AvgIpc) is 2.94. The molecule has 1 aliphatic heterocycles. The van der Waals surface area contributed by atoms with Gasteiger partial charge < -0.3 is 14.7 Å². The van der Waals surface area contributed by atoms with E-state index >= 15 is 0 Å². The summed E-state index contributed by atoms with van der Waals surface area (Å²) in [5.74, 6) is -1.71. The van der Waals surface area contributed by atoms with Crippen LogP contribution in [-0.2, 0) is 6.54 Å². The smallest absolute Gasteiger partial charge is 0.257 e. The molecule has 0 aromatic heterocycles. The number of hydrogen-bond donors (Lipinski definition) is 1. The first-order valence-corrected chi connectivity index (χ1v) is 9.58. The molecule has 0 radical (unpaired) electrons. The number of hydrogen-bond acceptors (Lipinski definition) is 3. The van der Waals surface area contributed by atoms with Gasteiger partial charge in [-0.05, 0) is 55.6 Å². The highest BCUT2D eigenvalue weighted by molar-refractivity contribution is 5.99. The highest BCUT2D eigenvalue weighted by Gasteiger charge is 2.35. The summed E-state index contributed by atoms with van der Waals surface area (Å²) >= 11 is 0. The van der Waals surface area contributed by atoms with Crippen molar-refractivity contribution in [2.75, 3.05) is 19.8 Å². The fourth-order valence-corrected chi connectivity index (χ4v) is 3.95. The third-order valence-corrected chi connectivity index (χ3v) is 5.57. The third-order valence-electron chi connectivity index (χ3n) is 5.57. The molecule has 0 bridgehead atoms. The van der Waals surface area contributed by atoms with Crippen molar-refractivity contribution in [1.29, 1.82) is 0 Å². The number of aliphatic hydroxyl groups is 1. The lowest BCUT2D eigenvalue weighted by molar-refractivity contribution is 0.0714. The maximum Gasteiger partial charge on any atom is 0.257 e. The Morgan fingerprint density at radius 1 is 1.23 bits per heavy atom. The van der Waals surface area contributed by atoms with Crippen molar-refractivity contribution in [3.63, 3.8) is 0 Å². The van der Waals surface area contributed by atoms with Gasteiger partial charge in [-0.15, -0.1) is 0 Å². The summed E-state index contributed by atoms with van der Waals surface area (Å²) in [5.41, 5.74) is 0.360. The monoisotopic (exact) mass is 367 g/mol. The molecule has 3 rings (SSSR count). The summed E-state index contributed by atoms with van der Waals surface area (Å²) in [6, 6.07) is 1.24. The standard InChI is InChI=1S/C20H27F2NO3/c1-2-3-8-26-19-16(21)9-15-11-23(20(25)17(15)18(19)22)10-13-4-6-14(12-24)7-5-13/h9,13-14,24H,2-8,10-12H2,1H3. The van der Waals surface area contributed by atoms with Gasteiger partial charge in [0.25, 0.3) is 5.91 Å². The predicted molar refractivity (Wildman–Crippen MR) is 94.0 cm³/mol. The Hall–Kier alpha value is -1.69. The zero-order valence-electron chi connectivity index (χ0n) is 15.3. The lowest BCUT2D eigenvalue weighted by Gasteiger charge is -2.30. The largest absolute Gasteiger partial charge is 0.488 e. The molecular weight excluding hydrogens is 340 g/mol. The molecule has 2 aliphatic rings. The number of nitrogens with zero attached hydrogens (tertiary/aromatic N) is 1. The first kappa shape index (κ1) is 19.1. The maximum absolute atomic E-state index is 14.7. The molecule has 4 nitrogen and oxygen atoms in total. The van der Waals surface area contributed by atoms with E-state index in [1.165, 1.54) is 6.07 Å². The summed E-state index contributed by atoms with van der Waals surface area (Å²) < 4.78 is 34.2. The molecule has 6 heteroatoms. The average molecular weight is 367 g/mol. The molecule has 1 saturated carbocycles. The Labute approximate surface area is 153 Å². The molecule has 0 unspecified atom stereocenters. The maximum atomic E-state index is 14.7. The predicted octanol–water partition coefficient (Wildman–Crippen LogP) is 3.90. The first-order chi connectivity index (χ1) is 12.5. The second-order valence-electron chi connectivity index (χ2n) is 7.49. The molecule has 0 atom stereocenters. The van der Waals surface area contributed by atoms with Crippen LogP contribution >= 0.6 is 0 Å². The summed E-state index contributed by atoms with van der Waals surface area (Å²) in [6.45, 7) is 3.21. The Bertz CT molecular complexity index is 657. The van der Waals surface area contributed by atoms with Crippen LogP contribution in [0.15, 0.2) is 6.07 Å². The fraction of sp³-hybridized carbons (Fsp3) is 0.650. The van der Waals surface area contributed by atoms with Crippen LogP contribution in [0, 0.1) is 23.5 Å². The van der Waals surface area contributed by atoms with Crippen molar-refractivity contribution >= 4 is 5.91 Å². The van der Waals surface area contributed by atoms with Crippen LogP contribution in [0.2, 0.25) is 0 Å². The second-order valence-corrected chi connectivity index (χ2v) is 7.49. The van der Waals surface area contributed by atoms with Crippen molar-refractivity contribution in [3.05, 3.63) is 28.8 Å². The minimum absolute atomic E-state index is 0.0399. The topological polar surface area (TPSA) is 49.8 Å². The van der Waals surface area contributed by atoms with E-state index in [4.69, 9.17) is 4.74 Å². The van der Waals surface area contributed by atoms with Crippen molar-refractivity contribution in [2.24, 2.45) is 11.8 Å². The number of halogens is 2. The van der Waals surface area contributed by atoms with E-state index in [2.05, 4.69) is 0 Å². The van der Waals surface area contributed by atoms with Crippen LogP contribution in [0.25, 0.3) is 0 Å². The van der Waals surface area contributed by atoms with Crippen LogP contribution in [-0.4, -0.2) is 35.7 Å². The molecule has 1 aromatic rings. The van der Waals surface area contributed by atoms with Gasteiger partial charge in [0.2, 0.25) is 0 Å². The molecular formula is C20H27F2NO3. The van der Waals surface area contributed by atoms with E-state index in [-0.39, 0.29) is 31.2 Å². The molecule has 26 heavy (non-hydrogen) atoms. The number of carbonyl (C=O) groups is 1. The summed E-state index contributed by atoms with van der Waals surface area (Å²) in [4.78, 5) is 14.3. The van der Waals surface area contributed by atoms with Gasteiger partial charge in [-0.25, -0.2) is 8.78 Å². The van der Waals surface area contributed by atoms with Crippen LogP contribution < -0.4 is 4.74 Å². The van der Waals surface area contributed by atoms with E-state index in [1.807, 2.05) is 6.92 Å². The van der Waals surface area contributed by atoms with Crippen molar-refractivity contribution < 1.29 is 23.4 Å². The van der Waals surface area contributed by atoms with Gasteiger partial charge in [-0.2, -0.15) is 0 Å². The number of unbranched alkanes of at least 4 members (excludes halogenated alkanes) is 1. The van der Waals surface area contributed by atoms with E-state index in [9.17, 15) is 18.7 Å². The van der Waals surface area contributed by atoms with Gasteiger partial charge in [0.1, 0.15) is 0 Å². The third kappa shape index (κ3) is 3.85. The fourth-order valence-electron chi connectivity index (χ4n) is 3.95. The lowest BCUT2D eigenvalue weighted by Crippen LogP contribution is -2.32. The van der Waals surface area contributed by atoms with Gasteiger partial charge in [0.05, 0.1) is 12.2 Å². The highest BCUT2D eigenvalue weighted by Crippen LogP contribution is 2.35. The van der Waals surface area contributed by atoms with Gasteiger partial charge in [-0.1, -0.05) is 13.3 Å². The van der Waals surface area contributed by atoms with Gasteiger partial charge in [-0.3, -0.25) is 4.79 Å². The lowest BCUT2D eigenvalue weighted by atomic mass is 9.82. The second kappa shape index (κ2) is 8.33. The van der Waals surface area contributed by atoms with Crippen LogP contribution in [0.5, 0.6) is 5.75 Å². The Morgan fingerprint density at radius 3 is 2.58 bits per heavy atom. The molecule has 1 N–H and O–H groups in total. The molecule has 1 aliphatic carbocycles. The van der Waals surface area contributed by atoms with Crippen LogP contribution in [0.3, 0.4) is 0 Å². The Kier molecular flexibility index (Phi) is 6.12. The minimum Gasteiger partial charge on any atom is -0.488 e. The quantitative estimate of drug-likeness (QED) is 0.744. The van der Waals surface area contributed by atoms with Gasteiger partial charge in [0.15, 0.2) is 17.4 Å². The van der Waals surface area contributed by atoms with E-state index in [0.717, 1.165) is 32.1 Å². The van der Waals surface area contributed by atoms with Crippen LogP contribution in [0.1, 0.15) is 61.4 Å². The highest BCUT2D eigenvalue weighted by atomic mass is 19.1. The van der Waals surface area contributed by atoms with Gasteiger partial charge in [0, 0.05) is 19.7 Å². The number of amides is 1. The van der Waals surface area contributed by atoms with E-state index in [1.54, 1.807) is 4.90 Å². The summed E-state index contributed by atoms with van der Waals surface area (Å²) in [6.07, 6.45) is 5.37. The number of ether oxygens (including phenoxy) is 1. The molecule has 144 valence electrons. The Morgan fingerprint density at radius 2 is 1.92 bits per heavy atom. The van der Waals surface area contributed by atoms with E-state index < -0.39 is 17.4 Å². The molecule has 1 aromatic carbocycles. The molecule has 0 spiro atoms. The van der Waals surface area contributed by atoms with Crippen molar-refractivity contribution in [3.8, 4) is 5.75 Å². The molecule has 1 amide bonds. The number of aliphatic hydroxyl groups excluding tert-OH is 1. The van der Waals surface area contributed by atoms with Gasteiger partial charge >= 0.3 is 0 Å². The van der Waals surface area contributed by atoms with E-state index in [0.29, 0.717) is 30.4 Å². The zero-order chi connectivity index (χ0) is 18.7. The van der Waals surface area contributed by atoms with Crippen molar-refractivity contribution in [1.82, 2.24) is 4.90 Å². The minimum atomic E-state index is -0.868. The van der Waals surface area contributed by atoms with Crippen LogP contribution in [0.4, 0.5) is 8.78 Å². The number of fused-ring (bicyclic) bond motifs is 1. The normalized spacial score (nSPS) is 22.6. The number of carbonyl (C=O) groups excluding carboxylic acids is 1. The summed E-state index contributed by atoms with van der Waals surface area (Å²) in [7, 11) is 0. The number of rotatable bonds is 7. The molecule has 0 saturated heterocycles.